The fourth-order valence-electron chi connectivity index (χ4n) is 2.38. The van der Waals surface area contributed by atoms with Crippen LogP contribution in [-0.4, -0.2) is 26.5 Å². The number of Topliss-reactive ketones (excluding diaryl/α,β-unsaturated/α-hetero) is 2. The first-order valence-corrected chi connectivity index (χ1v) is 6.81. The van der Waals surface area contributed by atoms with Gasteiger partial charge < -0.3 is 0 Å². The molecule has 1 aliphatic carbocycles. The van der Waals surface area contributed by atoms with Gasteiger partial charge in [-0.15, -0.1) is 0 Å². The van der Waals surface area contributed by atoms with Gasteiger partial charge in [-0.3, -0.25) is 0 Å². The third-order valence-electron chi connectivity index (χ3n) is 3.17. The Morgan fingerprint density at radius 3 is 2.67 bits per heavy atom. The molecule has 3 rings (SSSR count). The van der Waals surface area contributed by atoms with E-state index in [0.717, 1.165) is 22.9 Å². The number of benzene rings is 1. The second-order valence-corrected chi connectivity index (χ2v) is 6.84. The summed E-state index contributed by atoms with van der Waals surface area (Å²) in [6.07, 6.45) is 2.27. The number of hydrogen-bond donors (Lipinski definition) is 0. The zero-order chi connectivity index (χ0) is 10.5. The molecule has 15 heavy (non-hydrogen) atoms. The van der Waals surface area contributed by atoms with Crippen molar-refractivity contribution in [2.24, 2.45) is 0 Å². The fraction of sp³-hybridized carbons (Fsp3) is 0.333. The van der Waals surface area contributed by atoms with Crippen molar-refractivity contribution in [3.8, 4) is 0 Å². The molecule has 0 bridgehead atoms. The van der Waals surface area contributed by atoms with Gasteiger partial charge in [-0.25, -0.2) is 0 Å². The predicted molar refractivity (Wildman–Crippen MR) is 57.7 cm³/mol. The molecule has 1 saturated carbocycles. The van der Waals surface area contributed by atoms with E-state index < -0.39 is 4.31 Å². The van der Waals surface area contributed by atoms with Crippen LogP contribution in [0.1, 0.15) is 29.6 Å². The average molecular weight is 265 g/mol. The minimum atomic E-state index is -0.601. The molecule has 1 unspecified atom stereocenters. The van der Waals surface area contributed by atoms with Crippen LogP contribution in [0.3, 0.4) is 0 Å². The van der Waals surface area contributed by atoms with Gasteiger partial charge in [-0.05, 0) is 0 Å². The molecule has 0 amide bonds. The Kier molecular flexibility index (Phi) is 1.88. The Hall–Kier alpha value is -0.921. The number of fused-ring (bicyclic) bond motifs is 1. The van der Waals surface area contributed by atoms with Crippen LogP contribution >= 0.6 is 0 Å². The van der Waals surface area contributed by atoms with Crippen molar-refractivity contribution < 1.29 is 9.59 Å². The van der Waals surface area contributed by atoms with E-state index in [1.165, 1.54) is 0 Å². The van der Waals surface area contributed by atoms with Gasteiger partial charge in [-0.1, -0.05) is 0 Å². The van der Waals surface area contributed by atoms with Crippen molar-refractivity contribution >= 4 is 31.0 Å². The molecule has 0 N–H and O–H groups in total. The zero-order valence-electron chi connectivity index (χ0n) is 8.16. The van der Waals surface area contributed by atoms with Crippen molar-refractivity contribution in [1.82, 2.24) is 0 Å². The van der Waals surface area contributed by atoms with Crippen LogP contribution < -0.4 is 4.46 Å². The summed E-state index contributed by atoms with van der Waals surface area (Å²) >= 11 is 0.0221. The van der Waals surface area contributed by atoms with Crippen molar-refractivity contribution in [2.75, 3.05) is 0 Å². The molecule has 0 saturated heterocycles. The normalized spacial score (nSPS) is 28.8. The summed E-state index contributed by atoms with van der Waals surface area (Å²) in [7, 11) is 0. The monoisotopic (exact) mass is 266 g/mol. The van der Waals surface area contributed by atoms with E-state index in [4.69, 9.17) is 0 Å². The number of rotatable bonds is 0. The van der Waals surface area contributed by atoms with E-state index in [1.54, 1.807) is 0 Å². The molecule has 3 heteroatoms. The van der Waals surface area contributed by atoms with Crippen molar-refractivity contribution in [3.05, 3.63) is 29.8 Å². The molecular weight excluding hydrogens is 255 g/mol. The molecular formula is C12H10O2Se. The van der Waals surface area contributed by atoms with Gasteiger partial charge in [0.05, 0.1) is 0 Å². The van der Waals surface area contributed by atoms with Gasteiger partial charge in [-0.2, -0.15) is 0 Å². The molecule has 1 heterocycles. The van der Waals surface area contributed by atoms with E-state index in [-0.39, 0.29) is 26.5 Å². The first kappa shape index (κ1) is 9.32. The van der Waals surface area contributed by atoms with Gasteiger partial charge in [0.25, 0.3) is 0 Å². The molecule has 0 aromatic heterocycles. The first-order valence-electron chi connectivity index (χ1n) is 5.10. The molecule has 1 aromatic carbocycles. The van der Waals surface area contributed by atoms with Crippen LogP contribution in [0.5, 0.6) is 0 Å². The third kappa shape index (κ3) is 1.11. The topological polar surface area (TPSA) is 34.1 Å². The third-order valence-corrected chi connectivity index (χ3v) is 6.40. The van der Waals surface area contributed by atoms with E-state index in [9.17, 15) is 9.59 Å². The molecule has 0 radical (unpaired) electrons. The quantitative estimate of drug-likeness (QED) is 0.520. The molecule has 1 atom stereocenters. The van der Waals surface area contributed by atoms with E-state index >= 15 is 0 Å². The Morgan fingerprint density at radius 2 is 2.00 bits per heavy atom. The summed E-state index contributed by atoms with van der Waals surface area (Å²) in [5.41, 5.74) is 0.799. The zero-order valence-corrected chi connectivity index (χ0v) is 9.87. The van der Waals surface area contributed by atoms with Crippen LogP contribution in [0.25, 0.3) is 0 Å². The van der Waals surface area contributed by atoms with Crippen LogP contribution in [-0.2, 0) is 4.79 Å². The maximum absolute atomic E-state index is 12.2. The predicted octanol–water partition coefficient (Wildman–Crippen LogP) is 1.12. The summed E-state index contributed by atoms with van der Waals surface area (Å²) in [5.74, 6) is 0.282. The Bertz CT molecular complexity index is 466. The first-order chi connectivity index (χ1) is 7.24. The van der Waals surface area contributed by atoms with E-state index in [2.05, 4.69) is 0 Å². The Labute approximate surface area is 94.2 Å². The molecule has 1 fully saturated rings. The van der Waals surface area contributed by atoms with Crippen molar-refractivity contribution in [2.45, 2.75) is 23.6 Å². The van der Waals surface area contributed by atoms with Gasteiger partial charge in [0, 0.05) is 0 Å². The second-order valence-electron chi connectivity index (χ2n) is 4.03. The summed E-state index contributed by atoms with van der Waals surface area (Å²) in [5, 5.41) is 0. The minimum absolute atomic E-state index is 0.0221. The summed E-state index contributed by atoms with van der Waals surface area (Å²) in [6.45, 7) is 0. The van der Waals surface area contributed by atoms with Crippen LogP contribution in [0.15, 0.2) is 24.3 Å². The van der Waals surface area contributed by atoms with Gasteiger partial charge in [0.15, 0.2) is 0 Å². The summed E-state index contributed by atoms with van der Waals surface area (Å²) < 4.78 is 0.515. The second kappa shape index (κ2) is 3.03. The van der Waals surface area contributed by atoms with E-state index in [0.29, 0.717) is 6.42 Å². The van der Waals surface area contributed by atoms with Crippen LogP contribution in [0, 0.1) is 0 Å². The average Bonchev–Trinajstić information content (AvgIpc) is 2.74. The van der Waals surface area contributed by atoms with Gasteiger partial charge in [0.2, 0.25) is 0 Å². The maximum atomic E-state index is 12.2. The molecule has 76 valence electrons. The van der Waals surface area contributed by atoms with Gasteiger partial charge >= 0.3 is 94.0 Å². The molecule has 2 aliphatic rings. The van der Waals surface area contributed by atoms with E-state index in [1.807, 2.05) is 24.3 Å². The summed E-state index contributed by atoms with van der Waals surface area (Å²) in [6, 6.07) is 7.69. The molecule has 1 spiro atoms. The van der Waals surface area contributed by atoms with Crippen molar-refractivity contribution in [1.29, 1.82) is 0 Å². The number of ketones is 2. The Morgan fingerprint density at radius 1 is 1.20 bits per heavy atom. The molecule has 1 aliphatic heterocycles. The number of hydrogen-bond acceptors (Lipinski definition) is 2. The Balaban J connectivity index is 2.14. The molecule has 1 aromatic rings. The van der Waals surface area contributed by atoms with Gasteiger partial charge in [0.1, 0.15) is 0 Å². The number of carbonyl (C=O) groups is 2. The standard InChI is InChI=1S/C12H10O2Se/c13-10-6-3-7-12(10)11(14)8-4-1-2-5-9(8)15-12/h1-2,4-5H,3,6-7H2. The number of carbonyl (C=O) groups excluding carboxylic acids is 2. The SMILES string of the molecule is O=C1CCCC12[Se]c1ccccc1C2=O. The molecule has 2 nitrogen and oxygen atoms in total. The fourth-order valence-corrected chi connectivity index (χ4v) is 5.44. The van der Waals surface area contributed by atoms with Crippen LogP contribution in [0.2, 0.25) is 4.31 Å². The van der Waals surface area contributed by atoms with Crippen molar-refractivity contribution in [3.63, 3.8) is 0 Å². The summed E-state index contributed by atoms with van der Waals surface area (Å²) in [4.78, 5) is 24.1. The van der Waals surface area contributed by atoms with Crippen LogP contribution in [0.4, 0.5) is 0 Å².